The van der Waals surface area contributed by atoms with Crippen LogP contribution in [-0.2, 0) is 11.3 Å². The number of carbonyl (C=O) groups is 1. The van der Waals surface area contributed by atoms with Crippen LogP contribution in [0.3, 0.4) is 0 Å². The second kappa shape index (κ2) is 7.19. The molecule has 2 rings (SSSR count). The highest BCUT2D eigenvalue weighted by Crippen LogP contribution is 2.25. The summed E-state index contributed by atoms with van der Waals surface area (Å²) in [5.74, 6) is 0. The molecule has 1 aromatic carbocycles. The Morgan fingerprint density at radius 1 is 1.38 bits per heavy atom. The summed E-state index contributed by atoms with van der Waals surface area (Å²) in [6.07, 6.45) is -1.44. The highest BCUT2D eigenvalue weighted by molar-refractivity contribution is 5.82. The molecule has 0 spiro atoms. The number of hydrogen-bond donors (Lipinski definition) is 2. The summed E-state index contributed by atoms with van der Waals surface area (Å²) < 4.78 is 6.88. The Kier molecular flexibility index (Phi) is 5.46. The number of rotatable bonds is 5. The van der Waals surface area contributed by atoms with Crippen LogP contribution >= 0.6 is 0 Å². The van der Waals surface area contributed by atoms with Crippen LogP contribution in [0.2, 0.25) is 0 Å². The first-order valence-corrected chi connectivity index (χ1v) is 7.91. The number of aliphatic hydroxyl groups is 2. The van der Waals surface area contributed by atoms with Crippen molar-refractivity contribution in [2.75, 3.05) is 20.2 Å². The van der Waals surface area contributed by atoms with Gasteiger partial charge >= 0.3 is 6.09 Å². The van der Waals surface area contributed by atoms with Gasteiger partial charge in [-0.1, -0.05) is 18.2 Å². The van der Waals surface area contributed by atoms with Crippen LogP contribution in [0.25, 0.3) is 10.9 Å². The lowest BCUT2D eigenvalue weighted by molar-refractivity contribution is 0.0197. The Bertz CT molecular complexity index is 705. The van der Waals surface area contributed by atoms with Gasteiger partial charge in [0, 0.05) is 12.4 Å². The molecule has 1 heterocycles. The van der Waals surface area contributed by atoms with Crippen molar-refractivity contribution in [1.29, 1.82) is 0 Å². The standard InChI is InChI=1S/C17H25N3O4/c1-17(2,3)24-16(23)19(4)11-14(22)15-12-7-5-6-8-13(12)18-20(15)9-10-21/h5-8,14,21-22H,9-11H2,1-4H3. The third kappa shape index (κ3) is 4.24. The van der Waals surface area contributed by atoms with E-state index >= 15 is 0 Å². The van der Waals surface area contributed by atoms with Crippen molar-refractivity contribution in [2.45, 2.75) is 39.0 Å². The number of hydrogen-bond acceptors (Lipinski definition) is 5. The molecule has 2 N–H and O–H groups in total. The summed E-state index contributed by atoms with van der Waals surface area (Å²) >= 11 is 0. The van der Waals surface area contributed by atoms with Crippen molar-refractivity contribution in [3.63, 3.8) is 0 Å². The number of nitrogens with zero attached hydrogens (tertiary/aromatic N) is 3. The van der Waals surface area contributed by atoms with E-state index in [0.29, 0.717) is 5.69 Å². The highest BCUT2D eigenvalue weighted by Gasteiger charge is 2.25. The van der Waals surface area contributed by atoms with Gasteiger partial charge in [0.2, 0.25) is 0 Å². The molecule has 0 aliphatic rings. The van der Waals surface area contributed by atoms with E-state index in [4.69, 9.17) is 4.74 Å². The fraction of sp³-hybridized carbons (Fsp3) is 0.529. The molecule has 132 valence electrons. The van der Waals surface area contributed by atoms with Crippen LogP contribution < -0.4 is 0 Å². The number of ether oxygens (including phenoxy) is 1. The Morgan fingerprint density at radius 2 is 2.04 bits per heavy atom. The van der Waals surface area contributed by atoms with E-state index in [0.717, 1.165) is 10.9 Å². The van der Waals surface area contributed by atoms with Crippen LogP contribution in [0, 0.1) is 0 Å². The van der Waals surface area contributed by atoms with Gasteiger partial charge in [0.05, 0.1) is 30.9 Å². The second-order valence-electron chi connectivity index (χ2n) is 6.73. The molecule has 1 unspecified atom stereocenters. The van der Waals surface area contributed by atoms with E-state index in [2.05, 4.69) is 5.10 Å². The SMILES string of the molecule is CN(CC(O)c1c2ccccc2nn1CCO)C(=O)OC(C)(C)C. The van der Waals surface area contributed by atoms with Gasteiger partial charge in [0.25, 0.3) is 0 Å². The van der Waals surface area contributed by atoms with Gasteiger partial charge in [0.15, 0.2) is 0 Å². The maximum atomic E-state index is 12.1. The van der Waals surface area contributed by atoms with E-state index in [1.807, 2.05) is 24.3 Å². The number of aromatic nitrogens is 2. The van der Waals surface area contributed by atoms with E-state index in [1.165, 1.54) is 4.90 Å². The molecule has 0 aliphatic heterocycles. The zero-order chi connectivity index (χ0) is 17.9. The van der Waals surface area contributed by atoms with Crippen LogP contribution in [-0.4, -0.2) is 56.8 Å². The predicted molar refractivity (Wildman–Crippen MR) is 90.6 cm³/mol. The van der Waals surface area contributed by atoms with Gasteiger partial charge in [-0.2, -0.15) is 5.10 Å². The third-order valence-corrected chi connectivity index (χ3v) is 3.47. The smallest absolute Gasteiger partial charge is 0.410 e. The molecule has 0 aliphatic carbocycles. The zero-order valence-corrected chi connectivity index (χ0v) is 14.6. The molecule has 1 amide bonds. The van der Waals surface area contributed by atoms with E-state index in [9.17, 15) is 15.0 Å². The van der Waals surface area contributed by atoms with Gasteiger partial charge in [-0.15, -0.1) is 0 Å². The van der Waals surface area contributed by atoms with E-state index in [-0.39, 0.29) is 19.7 Å². The summed E-state index contributed by atoms with van der Waals surface area (Å²) in [7, 11) is 1.58. The molecule has 2 aromatic rings. The van der Waals surface area contributed by atoms with Crippen molar-refractivity contribution in [1.82, 2.24) is 14.7 Å². The number of fused-ring (bicyclic) bond motifs is 1. The van der Waals surface area contributed by atoms with Crippen molar-refractivity contribution >= 4 is 17.0 Å². The largest absolute Gasteiger partial charge is 0.444 e. The molecule has 1 atom stereocenters. The van der Waals surface area contributed by atoms with Crippen LogP contribution in [0.4, 0.5) is 4.79 Å². The minimum atomic E-state index is -0.943. The quantitative estimate of drug-likeness (QED) is 0.872. The third-order valence-electron chi connectivity index (χ3n) is 3.47. The maximum Gasteiger partial charge on any atom is 0.410 e. The van der Waals surface area contributed by atoms with Gasteiger partial charge < -0.3 is 19.8 Å². The molecule has 24 heavy (non-hydrogen) atoms. The summed E-state index contributed by atoms with van der Waals surface area (Å²) in [5, 5.41) is 25.1. The molecule has 7 nitrogen and oxygen atoms in total. The first-order valence-electron chi connectivity index (χ1n) is 7.91. The number of carbonyl (C=O) groups excluding carboxylic acids is 1. The second-order valence-corrected chi connectivity index (χ2v) is 6.73. The highest BCUT2D eigenvalue weighted by atomic mass is 16.6. The first kappa shape index (κ1) is 18.2. The fourth-order valence-electron chi connectivity index (χ4n) is 2.48. The molecule has 0 fully saturated rings. The van der Waals surface area contributed by atoms with Crippen LogP contribution in [0.5, 0.6) is 0 Å². The van der Waals surface area contributed by atoms with Crippen LogP contribution in [0.1, 0.15) is 32.6 Å². The Balaban J connectivity index is 2.22. The molecule has 0 saturated carbocycles. The number of benzene rings is 1. The minimum Gasteiger partial charge on any atom is -0.444 e. The maximum absolute atomic E-state index is 12.1. The molecule has 0 saturated heterocycles. The number of aliphatic hydroxyl groups excluding tert-OH is 2. The topological polar surface area (TPSA) is 87.8 Å². The zero-order valence-electron chi connectivity index (χ0n) is 14.6. The average Bonchev–Trinajstić information content (AvgIpc) is 2.83. The normalized spacial score (nSPS) is 13.1. The monoisotopic (exact) mass is 335 g/mol. The lowest BCUT2D eigenvalue weighted by Crippen LogP contribution is -2.36. The van der Waals surface area contributed by atoms with Crippen LogP contribution in [0.15, 0.2) is 24.3 Å². The summed E-state index contributed by atoms with van der Waals surface area (Å²) in [6, 6.07) is 7.43. The van der Waals surface area contributed by atoms with Gasteiger partial charge in [-0.25, -0.2) is 4.79 Å². The van der Waals surface area contributed by atoms with Crippen molar-refractivity contribution in [2.24, 2.45) is 0 Å². The number of amides is 1. The first-order chi connectivity index (χ1) is 11.2. The Hall–Kier alpha value is -2.12. The molecule has 0 bridgehead atoms. The minimum absolute atomic E-state index is 0.0655. The lowest BCUT2D eigenvalue weighted by atomic mass is 10.1. The van der Waals surface area contributed by atoms with E-state index < -0.39 is 17.8 Å². The molecule has 0 radical (unpaired) electrons. The van der Waals surface area contributed by atoms with E-state index in [1.54, 1.807) is 32.5 Å². The molecule has 1 aromatic heterocycles. The van der Waals surface area contributed by atoms with Gasteiger partial charge in [-0.05, 0) is 26.8 Å². The van der Waals surface area contributed by atoms with Crippen molar-refractivity contribution in [3.8, 4) is 0 Å². The lowest BCUT2D eigenvalue weighted by Gasteiger charge is -2.26. The molecular weight excluding hydrogens is 310 g/mol. The van der Waals surface area contributed by atoms with Crippen molar-refractivity contribution < 1.29 is 19.7 Å². The van der Waals surface area contributed by atoms with Crippen molar-refractivity contribution in [3.05, 3.63) is 30.0 Å². The number of likely N-dealkylation sites (N-methyl/N-ethyl adjacent to an activating group) is 1. The molecule has 7 heteroatoms. The summed E-state index contributed by atoms with van der Waals surface area (Å²) in [4.78, 5) is 13.4. The molecular formula is C17H25N3O4. The fourth-order valence-corrected chi connectivity index (χ4v) is 2.48. The van der Waals surface area contributed by atoms with Gasteiger partial charge in [-0.3, -0.25) is 4.68 Å². The predicted octanol–water partition coefficient (Wildman–Crippen LogP) is 1.93. The summed E-state index contributed by atoms with van der Waals surface area (Å²) in [5.41, 5.74) is 0.719. The Labute approximate surface area is 141 Å². The Morgan fingerprint density at radius 3 is 2.67 bits per heavy atom. The van der Waals surface area contributed by atoms with Gasteiger partial charge in [0.1, 0.15) is 11.7 Å². The average molecular weight is 335 g/mol. The summed E-state index contributed by atoms with van der Waals surface area (Å²) in [6.45, 7) is 5.62.